The first-order valence-corrected chi connectivity index (χ1v) is 6.48. The lowest BCUT2D eigenvalue weighted by Crippen LogP contribution is -2.13. The van der Waals surface area contributed by atoms with Crippen molar-refractivity contribution in [1.82, 2.24) is 0 Å². The van der Waals surface area contributed by atoms with E-state index in [0.29, 0.717) is 17.4 Å². The van der Waals surface area contributed by atoms with Crippen LogP contribution in [0.4, 0.5) is 0 Å². The number of rotatable bonds is 5. The average Bonchev–Trinajstić information content (AvgIpc) is 2.76. The molecule has 1 aliphatic heterocycles. The van der Waals surface area contributed by atoms with Crippen molar-refractivity contribution in [1.29, 1.82) is 0 Å². The third kappa shape index (κ3) is 3.51. The largest absolute Gasteiger partial charge is 0.499 e. The van der Waals surface area contributed by atoms with Crippen LogP contribution in [0, 0.1) is 6.92 Å². The maximum Gasteiger partial charge on any atom is 0.366 e. The van der Waals surface area contributed by atoms with Gasteiger partial charge in [0.05, 0.1) is 6.61 Å². The maximum absolute atomic E-state index is 11.5. The number of carbonyl (C=O) groups excluding carboxylic acids is 1. The van der Waals surface area contributed by atoms with Crippen LogP contribution in [0.25, 0.3) is 0 Å². The molecule has 1 heterocycles. The molecule has 0 amide bonds. The van der Waals surface area contributed by atoms with Crippen molar-refractivity contribution in [2.75, 3.05) is 13.2 Å². The van der Waals surface area contributed by atoms with Crippen LogP contribution in [0.15, 0.2) is 35.2 Å². The van der Waals surface area contributed by atoms with Crippen LogP contribution in [-0.4, -0.2) is 25.1 Å². The summed E-state index contributed by atoms with van der Waals surface area (Å²) in [5.74, 6) is 0.329. The summed E-state index contributed by atoms with van der Waals surface area (Å²) >= 11 is 5.86. The Bertz CT molecular complexity index is 581. The Morgan fingerprint density at radius 1 is 1.45 bits per heavy atom. The van der Waals surface area contributed by atoms with E-state index < -0.39 is 5.97 Å². The molecule has 0 fully saturated rings. The smallest absolute Gasteiger partial charge is 0.366 e. The quantitative estimate of drug-likeness (QED) is 0.476. The number of aryl methyl sites for hydroxylation is 1. The maximum atomic E-state index is 11.5. The topological polar surface area (TPSA) is 57.1 Å². The molecule has 0 aliphatic carbocycles. The molecular formula is C14H14ClNO4. The molecule has 0 saturated carbocycles. The van der Waals surface area contributed by atoms with Gasteiger partial charge in [-0.2, -0.15) is 0 Å². The molecule has 20 heavy (non-hydrogen) atoms. The summed E-state index contributed by atoms with van der Waals surface area (Å²) in [5, 5.41) is 0.640. The molecule has 0 unspecified atom stereocenters. The van der Waals surface area contributed by atoms with Crippen molar-refractivity contribution in [2.24, 2.45) is 4.99 Å². The molecule has 1 aromatic carbocycles. The van der Waals surface area contributed by atoms with E-state index in [1.165, 1.54) is 6.26 Å². The van der Waals surface area contributed by atoms with Crippen LogP contribution in [0.5, 0.6) is 5.75 Å². The first kappa shape index (κ1) is 14.4. The number of halogens is 1. The molecule has 0 N–H and O–H groups in total. The highest BCUT2D eigenvalue weighted by Gasteiger charge is 2.23. The minimum absolute atomic E-state index is 0.0671. The molecule has 0 bridgehead atoms. The summed E-state index contributed by atoms with van der Waals surface area (Å²) in [6.07, 6.45) is 1.28. The Balaban J connectivity index is 1.99. The summed E-state index contributed by atoms with van der Waals surface area (Å²) in [6, 6.07) is 5.28. The minimum Gasteiger partial charge on any atom is -0.499 e. The number of aliphatic imine (C=N–C) groups is 1. The van der Waals surface area contributed by atoms with E-state index in [9.17, 15) is 4.79 Å². The lowest BCUT2D eigenvalue weighted by atomic mass is 10.2. The van der Waals surface area contributed by atoms with Crippen LogP contribution in [-0.2, 0) is 14.3 Å². The SMILES string of the molecule is CCO/C=C1\N=C(COc2ccc(Cl)cc2C)OC1=O. The van der Waals surface area contributed by atoms with E-state index in [4.69, 9.17) is 25.8 Å². The van der Waals surface area contributed by atoms with Crippen LogP contribution in [0.2, 0.25) is 5.02 Å². The summed E-state index contributed by atoms with van der Waals surface area (Å²) in [7, 11) is 0. The van der Waals surface area contributed by atoms with Crippen molar-refractivity contribution in [3.63, 3.8) is 0 Å². The molecule has 0 atom stereocenters. The number of cyclic esters (lactones) is 1. The third-order valence-corrected chi connectivity index (χ3v) is 2.75. The van der Waals surface area contributed by atoms with Crippen molar-refractivity contribution >= 4 is 23.5 Å². The summed E-state index contributed by atoms with van der Waals surface area (Å²) in [6.45, 7) is 4.22. The Hall–Kier alpha value is -2.01. The first-order valence-electron chi connectivity index (χ1n) is 6.10. The first-order chi connectivity index (χ1) is 9.60. The molecule has 1 aromatic rings. The molecule has 106 valence electrons. The van der Waals surface area contributed by atoms with Gasteiger partial charge in [0.15, 0.2) is 12.3 Å². The van der Waals surface area contributed by atoms with Crippen LogP contribution < -0.4 is 4.74 Å². The number of nitrogens with zero attached hydrogens (tertiary/aromatic N) is 1. The van der Waals surface area contributed by atoms with Gasteiger partial charge >= 0.3 is 5.97 Å². The predicted molar refractivity (Wildman–Crippen MR) is 74.9 cm³/mol. The molecule has 0 saturated heterocycles. The lowest BCUT2D eigenvalue weighted by Gasteiger charge is -2.08. The van der Waals surface area contributed by atoms with Gasteiger partial charge in [0.2, 0.25) is 5.90 Å². The Morgan fingerprint density at radius 2 is 2.25 bits per heavy atom. The van der Waals surface area contributed by atoms with E-state index >= 15 is 0 Å². The van der Waals surface area contributed by atoms with Gasteiger partial charge in [-0.25, -0.2) is 9.79 Å². The van der Waals surface area contributed by atoms with Crippen molar-refractivity contribution in [2.45, 2.75) is 13.8 Å². The monoisotopic (exact) mass is 295 g/mol. The fourth-order valence-electron chi connectivity index (χ4n) is 1.57. The highest BCUT2D eigenvalue weighted by molar-refractivity contribution is 6.30. The summed E-state index contributed by atoms with van der Waals surface area (Å²) in [5.41, 5.74) is 1.03. The van der Waals surface area contributed by atoms with Gasteiger partial charge in [-0.3, -0.25) is 0 Å². The molecule has 0 spiro atoms. The normalized spacial score (nSPS) is 16.1. The molecule has 5 nitrogen and oxygen atoms in total. The van der Waals surface area contributed by atoms with E-state index in [1.54, 1.807) is 18.2 Å². The molecular weight excluding hydrogens is 282 g/mol. The van der Waals surface area contributed by atoms with Gasteiger partial charge in [-0.15, -0.1) is 0 Å². The average molecular weight is 296 g/mol. The number of hydrogen-bond acceptors (Lipinski definition) is 5. The summed E-state index contributed by atoms with van der Waals surface area (Å²) in [4.78, 5) is 15.5. The van der Waals surface area contributed by atoms with Gasteiger partial charge in [0.1, 0.15) is 12.0 Å². The van der Waals surface area contributed by atoms with E-state index in [1.807, 2.05) is 13.8 Å². The van der Waals surface area contributed by atoms with Gasteiger partial charge in [-0.05, 0) is 37.6 Å². The zero-order valence-electron chi connectivity index (χ0n) is 11.2. The zero-order chi connectivity index (χ0) is 14.5. The Morgan fingerprint density at radius 3 is 2.95 bits per heavy atom. The van der Waals surface area contributed by atoms with Gasteiger partial charge in [-0.1, -0.05) is 11.6 Å². The van der Waals surface area contributed by atoms with E-state index in [0.717, 1.165) is 5.56 Å². The van der Waals surface area contributed by atoms with Crippen LogP contribution in [0.3, 0.4) is 0 Å². The second-order valence-electron chi connectivity index (χ2n) is 4.05. The van der Waals surface area contributed by atoms with Gasteiger partial charge in [0.25, 0.3) is 0 Å². The Labute approximate surface area is 121 Å². The Kier molecular flexibility index (Phi) is 4.63. The molecule has 0 aromatic heterocycles. The highest BCUT2D eigenvalue weighted by Crippen LogP contribution is 2.22. The van der Waals surface area contributed by atoms with Crippen molar-refractivity contribution in [3.05, 3.63) is 40.7 Å². The molecule has 1 aliphatic rings. The number of esters is 1. The minimum atomic E-state index is -0.537. The van der Waals surface area contributed by atoms with E-state index in [-0.39, 0.29) is 18.2 Å². The zero-order valence-corrected chi connectivity index (χ0v) is 11.9. The third-order valence-electron chi connectivity index (χ3n) is 2.51. The molecule has 0 radical (unpaired) electrons. The number of ether oxygens (including phenoxy) is 3. The number of carbonyl (C=O) groups is 1. The van der Waals surface area contributed by atoms with Gasteiger partial charge < -0.3 is 14.2 Å². The molecule has 2 rings (SSSR count). The van der Waals surface area contributed by atoms with E-state index in [2.05, 4.69) is 4.99 Å². The highest BCUT2D eigenvalue weighted by atomic mass is 35.5. The second-order valence-corrected chi connectivity index (χ2v) is 4.49. The van der Waals surface area contributed by atoms with Crippen molar-refractivity contribution < 1.29 is 19.0 Å². The molecule has 6 heteroatoms. The standard InChI is InChI=1S/C14H14ClNO4/c1-3-18-7-11-14(17)20-13(16-11)8-19-12-5-4-10(15)6-9(12)2/h4-7H,3,8H2,1-2H3/b11-7-. The fourth-order valence-corrected chi connectivity index (χ4v) is 1.80. The predicted octanol–water partition coefficient (Wildman–Crippen LogP) is 2.86. The number of hydrogen-bond donors (Lipinski definition) is 0. The second kappa shape index (κ2) is 6.43. The van der Waals surface area contributed by atoms with Crippen molar-refractivity contribution in [3.8, 4) is 5.75 Å². The lowest BCUT2D eigenvalue weighted by molar-refractivity contribution is -0.130. The number of benzene rings is 1. The fraction of sp³-hybridized carbons (Fsp3) is 0.286. The van der Waals surface area contributed by atoms with Crippen LogP contribution in [0.1, 0.15) is 12.5 Å². The summed E-state index contributed by atoms with van der Waals surface area (Å²) < 4.78 is 15.5. The van der Waals surface area contributed by atoms with Crippen LogP contribution >= 0.6 is 11.6 Å². The van der Waals surface area contributed by atoms with Gasteiger partial charge in [0, 0.05) is 5.02 Å².